The third kappa shape index (κ3) is 3.78. The maximum absolute atomic E-state index is 12.9. The van der Waals surface area contributed by atoms with Gasteiger partial charge in [0.2, 0.25) is 5.95 Å². The van der Waals surface area contributed by atoms with Gasteiger partial charge in [-0.2, -0.15) is 0 Å². The second-order valence-electron chi connectivity index (χ2n) is 7.41. The Morgan fingerprint density at radius 3 is 2.72 bits per heavy atom. The molecule has 3 aromatic rings. The highest BCUT2D eigenvalue weighted by Gasteiger charge is 2.37. The molecular weight excluding hydrogens is 364 g/mol. The van der Waals surface area contributed by atoms with Crippen molar-refractivity contribution in [1.82, 2.24) is 15.3 Å². The summed E-state index contributed by atoms with van der Waals surface area (Å²) < 4.78 is 5.34. The van der Waals surface area contributed by atoms with Gasteiger partial charge >= 0.3 is 0 Å². The first-order chi connectivity index (χ1) is 14.1. The van der Waals surface area contributed by atoms with Crippen LogP contribution in [0.1, 0.15) is 33.6 Å². The van der Waals surface area contributed by atoms with Gasteiger partial charge in [-0.25, -0.2) is 9.97 Å². The van der Waals surface area contributed by atoms with Crippen LogP contribution in [0.3, 0.4) is 0 Å². The number of methoxy groups -OCH3 is 1. The molecule has 2 aromatic carbocycles. The lowest BCUT2D eigenvalue weighted by atomic mass is 9.68. The number of fused-ring (bicyclic) bond motifs is 1. The van der Waals surface area contributed by atoms with E-state index in [2.05, 4.69) is 27.4 Å². The van der Waals surface area contributed by atoms with Crippen molar-refractivity contribution in [3.63, 3.8) is 0 Å². The monoisotopic (exact) mass is 388 g/mol. The highest BCUT2D eigenvalue weighted by molar-refractivity contribution is 5.97. The molecule has 1 aliphatic carbocycles. The number of nitrogens with one attached hydrogen (secondary N) is 1. The van der Waals surface area contributed by atoms with Gasteiger partial charge in [0.05, 0.1) is 12.7 Å². The number of aryl methyl sites for hydroxylation is 1. The van der Waals surface area contributed by atoms with Crippen LogP contribution in [-0.2, 0) is 18.3 Å². The lowest BCUT2D eigenvalue weighted by Crippen LogP contribution is -2.45. The quantitative estimate of drug-likeness (QED) is 0.701. The van der Waals surface area contributed by atoms with Crippen LogP contribution >= 0.6 is 0 Å². The van der Waals surface area contributed by atoms with Crippen molar-refractivity contribution < 1.29 is 9.53 Å². The van der Waals surface area contributed by atoms with E-state index in [9.17, 15) is 4.79 Å². The van der Waals surface area contributed by atoms with E-state index in [0.29, 0.717) is 23.8 Å². The summed E-state index contributed by atoms with van der Waals surface area (Å²) in [6.07, 6.45) is 4.23. The Labute approximate surface area is 170 Å². The standard InChI is InChI=1S/C23H24N4O2/c1-29-20-10-6-5-9-18(20)21(28)26-15-23(17-7-3-2-4-8-17)12-11-19-16(13-23)14-25-22(24)27-19/h2-10,14H,11-13,15H2,1H3,(H,26,28)(H2,24,25,27). The Balaban J connectivity index is 1.63. The zero-order valence-corrected chi connectivity index (χ0v) is 16.4. The molecule has 6 nitrogen and oxygen atoms in total. The average Bonchev–Trinajstić information content (AvgIpc) is 2.78. The van der Waals surface area contributed by atoms with E-state index in [1.54, 1.807) is 19.2 Å². The van der Waals surface area contributed by atoms with Crippen molar-refractivity contribution in [1.29, 1.82) is 0 Å². The lowest BCUT2D eigenvalue weighted by Gasteiger charge is -2.38. The predicted molar refractivity (Wildman–Crippen MR) is 112 cm³/mol. The molecule has 1 heterocycles. The number of aromatic nitrogens is 2. The second kappa shape index (κ2) is 7.91. The van der Waals surface area contributed by atoms with Gasteiger partial charge in [-0.15, -0.1) is 0 Å². The maximum Gasteiger partial charge on any atom is 0.255 e. The van der Waals surface area contributed by atoms with Gasteiger partial charge in [-0.05, 0) is 42.5 Å². The number of nitrogens with zero attached hydrogens (tertiary/aromatic N) is 2. The van der Waals surface area contributed by atoms with Crippen LogP contribution in [0.15, 0.2) is 60.8 Å². The molecule has 1 unspecified atom stereocenters. The van der Waals surface area contributed by atoms with Crippen molar-refractivity contribution in [2.45, 2.75) is 24.7 Å². The first-order valence-electron chi connectivity index (χ1n) is 9.68. The van der Waals surface area contributed by atoms with Crippen molar-refractivity contribution in [2.75, 3.05) is 19.4 Å². The number of rotatable bonds is 5. The Morgan fingerprint density at radius 1 is 1.17 bits per heavy atom. The zero-order valence-electron chi connectivity index (χ0n) is 16.4. The summed E-state index contributed by atoms with van der Waals surface area (Å²) in [6, 6.07) is 17.6. The molecule has 4 rings (SSSR count). The van der Waals surface area contributed by atoms with Gasteiger partial charge in [0.15, 0.2) is 0 Å². The molecule has 1 atom stereocenters. The molecule has 0 spiro atoms. The van der Waals surface area contributed by atoms with Crippen LogP contribution in [0.4, 0.5) is 5.95 Å². The molecule has 3 N–H and O–H groups in total. The van der Waals surface area contributed by atoms with Crippen molar-refractivity contribution >= 4 is 11.9 Å². The molecule has 0 radical (unpaired) electrons. The van der Waals surface area contributed by atoms with Gasteiger partial charge in [0, 0.05) is 23.9 Å². The minimum absolute atomic E-state index is 0.142. The van der Waals surface area contributed by atoms with Gasteiger partial charge in [-0.3, -0.25) is 4.79 Å². The summed E-state index contributed by atoms with van der Waals surface area (Å²) in [7, 11) is 1.57. The van der Waals surface area contributed by atoms with Crippen LogP contribution in [-0.4, -0.2) is 29.5 Å². The molecule has 0 saturated heterocycles. The van der Waals surface area contributed by atoms with Crippen LogP contribution in [0.5, 0.6) is 5.75 Å². The summed E-state index contributed by atoms with van der Waals surface area (Å²) in [5, 5.41) is 3.14. The molecule has 0 saturated carbocycles. The van der Waals surface area contributed by atoms with Gasteiger partial charge < -0.3 is 15.8 Å². The minimum atomic E-state index is -0.231. The SMILES string of the molecule is COc1ccccc1C(=O)NCC1(c2ccccc2)CCc2nc(N)ncc2C1. The maximum atomic E-state index is 12.9. The fraction of sp³-hybridized carbons (Fsp3) is 0.261. The number of benzene rings is 2. The molecule has 148 valence electrons. The Bertz CT molecular complexity index is 1020. The number of ether oxygens (including phenoxy) is 1. The molecule has 6 heteroatoms. The molecule has 29 heavy (non-hydrogen) atoms. The summed E-state index contributed by atoms with van der Waals surface area (Å²) in [6.45, 7) is 0.512. The Hall–Kier alpha value is -3.41. The van der Waals surface area contributed by atoms with Gasteiger partial charge in [0.25, 0.3) is 5.91 Å². The third-order valence-corrected chi connectivity index (χ3v) is 5.67. The molecule has 1 aliphatic rings. The van der Waals surface area contributed by atoms with E-state index >= 15 is 0 Å². The van der Waals surface area contributed by atoms with E-state index in [1.165, 1.54) is 5.56 Å². The van der Waals surface area contributed by atoms with Crippen LogP contribution in [0.25, 0.3) is 0 Å². The minimum Gasteiger partial charge on any atom is -0.496 e. The van der Waals surface area contributed by atoms with Crippen molar-refractivity contribution in [3.05, 3.63) is 83.2 Å². The van der Waals surface area contributed by atoms with E-state index in [0.717, 1.165) is 30.5 Å². The number of anilines is 1. The summed E-state index contributed by atoms with van der Waals surface area (Å²) >= 11 is 0. The van der Waals surface area contributed by atoms with E-state index in [1.807, 2.05) is 36.5 Å². The van der Waals surface area contributed by atoms with Gasteiger partial charge in [-0.1, -0.05) is 42.5 Å². The largest absolute Gasteiger partial charge is 0.496 e. The number of hydrogen-bond acceptors (Lipinski definition) is 5. The number of hydrogen-bond donors (Lipinski definition) is 2. The molecule has 0 aliphatic heterocycles. The fourth-order valence-electron chi connectivity index (χ4n) is 4.10. The predicted octanol–water partition coefficient (Wildman–Crippen LogP) is 2.92. The molecular formula is C23H24N4O2. The van der Waals surface area contributed by atoms with Crippen LogP contribution in [0, 0.1) is 0 Å². The number of carbonyl (C=O) groups excluding carboxylic acids is 1. The van der Waals surface area contributed by atoms with Gasteiger partial charge in [0.1, 0.15) is 5.75 Å². The smallest absolute Gasteiger partial charge is 0.255 e. The van der Waals surface area contributed by atoms with Crippen molar-refractivity contribution in [2.24, 2.45) is 0 Å². The van der Waals surface area contributed by atoms with E-state index in [4.69, 9.17) is 10.5 Å². The topological polar surface area (TPSA) is 90.1 Å². The van der Waals surface area contributed by atoms with Crippen LogP contribution in [0.2, 0.25) is 0 Å². The highest BCUT2D eigenvalue weighted by Crippen LogP contribution is 2.38. The summed E-state index contributed by atoms with van der Waals surface area (Å²) in [4.78, 5) is 21.5. The lowest BCUT2D eigenvalue weighted by molar-refractivity contribution is 0.0937. The molecule has 0 fully saturated rings. The second-order valence-corrected chi connectivity index (χ2v) is 7.41. The summed E-state index contributed by atoms with van der Waals surface area (Å²) in [5.74, 6) is 0.731. The highest BCUT2D eigenvalue weighted by atomic mass is 16.5. The molecule has 1 amide bonds. The zero-order chi connectivity index (χ0) is 20.3. The fourth-order valence-corrected chi connectivity index (χ4v) is 4.10. The number of nitrogens with two attached hydrogens (primary N) is 1. The number of amides is 1. The number of carbonyl (C=O) groups is 1. The van der Waals surface area contributed by atoms with Crippen LogP contribution < -0.4 is 15.8 Å². The summed E-state index contributed by atoms with van der Waals surface area (Å²) in [5.41, 5.74) is 9.34. The first-order valence-corrected chi connectivity index (χ1v) is 9.68. The van der Waals surface area contributed by atoms with E-state index in [-0.39, 0.29) is 11.3 Å². The Kier molecular flexibility index (Phi) is 5.16. The molecule has 0 bridgehead atoms. The normalized spacial score (nSPS) is 18.0. The first kappa shape index (κ1) is 18.9. The number of para-hydroxylation sites is 1. The Morgan fingerprint density at radius 2 is 1.93 bits per heavy atom. The average molecular weight is 388 g/mol. The molecule has 1 aromatic heterocycles. The number of nitrogen functional groups attached to an aromatic ring is 1. The third-order valence-electron chi connectivity index (χ3n) is 5.67. The van der Waals surface area contributed by atoms with E-state index < -0.39 is 0 Å². The van der Waals surface area contributed by atoms with Crippen molar-refractivity contribution in [3.8, 4) is 5.75 Å².